The van der Waals surface area contributed by atoms with Gasteiger partial charge >= 0.3 is 0 Å². The molecule has 8 radical (unpaired) electrons. The van der Waals surface area contributed by atoms with Crippen molar-refractivity contribution in [3.05, 3.63) is 0 Å². The van der Waals surface area contributed by atoms with E-state index < -0.39 is 0 Å². The van der Waals surface area contributed by atoms with Crippen LogP contribution in [-0.4, -0.2) is 0 Å². The van der Waals surface area contributed by atoms with E-state index in [2.05, 4.69) is 0 Å². The monoisotopic (exact) mass is 80.0 g/mol. The van der Waals surface area contributed by atoms with Crippen LogP contribution in [0.1, 0.15) is 7.43 Å². The molecule has 0 fully saturated rings. The summed E-state index contributed by atoms with van der Waals surface area (Å²) < 4.78 is 0. The van der Waals surface area contributed by atoms with Crippen LogP contribution in [0.4, 0.5) is 0 Å². The first-order valence-electron chi connectivity index (χ1n) is 0. The maximum atomic E-state index is 0. The highest BCUT2D eigenvalue weighted by Gasteiger charge is 0.00305. The Morgan fingerprint density at radius 3 is 0.400 bits per heavy atom. The second kappa shape index (κ2) is 1210. The molecule has 0 saturated carbocycles. The van der Waals surface area contributed by atoms with E-state index in [-0.39, 0.29) is 29.3 Å². The standard InChI is InChI=1S/CH4.4O/h1H4;;;;. The Morgan fingerprint density at radius 2 is 0.400 bits per heavy atom. The molecule has 32 valence electrons. The topological polar surface area (TPSA) is 114 Å². The van der Waals surface area contributed by atoms with Crippen LogP contribution in [0, 0.1) is 0 Å². The van der Waals surface area contributed by atoms with E-state index in [0.29, 0.717) is 0 Å². The highest BCUT2D eigenvalue weighted by Crippen LogP contribution is 0.144. The summed E-state index contributed by atoms with van der Waals surface area (Å²) in [5.41, 5.74) is 0. The van der Waals surface area contributed by atoms with Gasteiger partial charge in [-0.05, 0) is 0 Å². The van der Waals surface area contributed by atoms with Gasteiger partial charge in [0.15, 0.2) is 0 Å². The molecule has 0 aliphatic heterocycles. The molecule has 0 aromatic heterocycles. The minimum Gasteiger partial charge on any atom is -0.0776 e. The first-order chi connectivity index (χ1) is 0. The molecule has 0 bridgehead atoms. The van der Waals surface area contributed by atoms with Crippen molar-refractivity contribution < 1.29 is 21.9 Å². The third kappa shape index (κ3) is 508. The Morgan fingerprint density at radius 1 is 0.400 bits per heavy atom. The van der Waals surface area contributed by atoms with E-state index in [9.17, 15) is 0 Å². The number of rotatable bonds is 0. The van der Waals surface area contributed by atoms with Crippen molar-refractivity contribution in [2.45, 2.75) is 7.43 Å². The summed E-state index contributed by atoms with van der Waals surface area (Å²) in [6.45, 7) is 0. The zero-order valence-electron chi connectivity index (χ0n) is 1.63. The lowest BCUT2D eigenvalue weighted by Crippen LogP contribution is -0.120. The Hall–Kier alpha value is -0.160. The Bertz CT molecular complexity index is 3.61. The lowest BCUT2D eigenvalue weighted by molar-refractivity contribution is 0.685. The van der Waals surface area contributed by atoms with Gasteiger partial charge in [-0.25, -0.2) is 0 Å². The minimum absolute atomic E-state index is 0. The van der Waals surface area contributed by atoms with Gasteiger partial charge in [-0.1, -0.05) is 7.43 Å². The summed E-state index contributed by atoms with van der Waals surface area (Å²) in [5.74, 6) is 0. The van der Waals surface area contributed by atoms with Gasteiger partial charge in [-0.15, -0.1) is 0 Å². The fraction of sp³-hybridized carbons (Fsp3) is 1.00. The first-order valence-corrected chi connectivity index (χ1v) is 0. The van der Waals surface area contributed by atoms with Crippen LogP contribution < -0.4 is 0 Å². The molecule has 0 N–H and O–H groups in total. The third-order valence-electron chi connectivity index (χ3n) is 0. The van der Waals surface area contributed by atoms with Gasteiger partial charge < -0.3 is 0 Å². The van der Waals surface area contributed by atoms with Crippen LogP contribution in [0.25, 0.3) is 0 Å². The summed E-state index contributed by atoms with van der Waals surface area (Å²) in [7, 11) is 0. The number of hydrogen-bond donors (Lipinski definition) is 0. The molecule has 4 nitrogen and oxygen atoms in total. The van der Waals surface area contributed by atoms with E-state index in [1.54, 1.807) is 0 Å². The molecular formula is CH4O4. The van der Waals surface area contributed by atoms with Crippen LogP contribution in [0.15, 0.2) is 0 Å². The molecule has 0 unspecified atom stereocenters. The zero-order chi connectivity index (χ0) is 0. The summed E-state index contributed by atoms with van der Waals surface area (Å²) in [6, 6.07) is 0. The van der Waals surface area contributed by atoms with Crippen LogP contribution in [0.3, 0.4) is 0 Å². The summed E-state index contributed by atoms with van der Waals surface area (Å²) in [4.78, 5) is 0. The van der Waals surface area contributed by atoms with Gasteiger partial charge in [-0.2, -0.15) is 0 Å². The fourth-order valence-corrected chi connectivity index (χ4v) is 0. The molecular weight excluding hydrogens is 76.0 g/mol. The summed E-state index contributed by atoms with van der Waals surface area (Å²) in [6.07, 6.45) is 0. The molecule has 0 heterocycles. The maximum Gasteiger partial charge on any atom is 0 e. The van der Waals surface area contributed by atoms with Crippen molar-refractivity contribution in [2.75, 3.05) is 0 Å². The van der Waals surface area contributed by atoms with Crippen LogP contribution >= 0.6 is 0 Å². The smallest absolute Gasteiger partial charge is 0 e. The minimum atomic E-state index is 0. The molecule has 4 heteroatoms. The Labute approximate surface area is 30.7 Å². The van der Waals surface area contributed by atoms with Gasteiger partial charge in [-0.3, -0.25) is 0 Å². The van der Waals surface area contributed by atoms with Crippen LogP contribution in [-0.2, 0) is 21.9 Å². The predicted molar refractivity (Wildman–Crippen MR) is 9.48 cm³/mol. The molecule has 0 rings (SSSR count). The largest absolute Gasteiger partial charge is 0.0776 e. The lowest BCUT2D eigenvalue weighted by Gasteiger charge is -0.0776. The van der Waals surface area contributed by atoms with E-state index in [1.165, 1.54) is 0 Å². The average Bonchev–Trinajstić information content (AvgIpc) is 0. The van der Waals surface area contributed by atoms with Crippen molar-refractivity contribution in [2.24, 2.45) is 0 Å². The van der Waals surface area contributed by atoms with Crippen LogP contribution in [0.2, 0.25) is 0 Å². The van der Waals surface area contributed by atoms with Crippen LogP contribution in [0.5, 0.6) is 0 Å². The molecule has 0 spiro atoms. The van der Waals surface area contributed by atoms with E-state index in [1.807, 2.05) is 0 Å². The van der Waals surface area contributed by atoms with E-state index >= 15 is 0 Å². The van der Waals surface area contributed by atoms with Gasteiger partial charge in [0.1, 0.15) is 0 Å². The van der Waals surface area contributed by atoms with E-state index in [4.69, 9.17) is 0 Å². The summed E-state index contributed by atoms with van der Waals surface area (Å²) >= 11 is 0. The van der Waals surface area contributed by atoms with Crippen molar-refractivity contribution in [3.63, 3.8) is 0 Å². The maximum absolute atomic E-state index is 0. The number of hydrogen-bond acceptors (Lipinski definition) is 0. The van der Waals surface area contributed by atoms with E-state index in [0.717, 1.165) is 0 Å². The molecule has 0 amide bonds. The van der Waals surface area contributed by atoms with Crippen molar-refractivity contribution >= 4 is 0 Å². The summed E-state index contributed by atoms with van der Waals surface area (Å²) in [5, 5.41) is 0. The molecule has 0 aliphatic rings. The molecule has 0 aromatic carbocycles. The zero-order valence-corrected chi connectivity index (χ0v) is 1.63. The molecule has 0 aliphatic carbocycles. The third-order valence-corrected chi connectivity index (χ3v) is 0. The van der Waals surface area contributed by atoms with Gasteiger partial charge in [0.25, 0.3) is 0 Å². The lowest BCUT2D eigenvalue weighted by atomic mass is 12.0. The highest BCUT2D eigenvalue weighted by atomic mass is 16.0. The van der Waals surface area contributed by atoms with Crippen molar-refractivity contribution in [3.8, 4) is 0 Å². The second-order valence-electron chi connectivity index (χ2n) is 0. The first kappa shape index (κ1) is 2790. The molecule has 0 saturated heterocycles. The fourth-order valence-electron chi connectivity index (χ4n) is 0. The van der Waals surface area contributed by atoms with Crippen molar-refractivity contribution in [1.29, 1.82) is 0 Å². The Balaban J connectivity index is 0. The quantitative estimate of drug-likeness (QED) is 0.394. The second-order valence-corrected chi connectivity index (χ2v) is 0. The average molecular weight is 80.0 g/mol. The molecule has 5 heavy (non-hydrogen) atoms. The van der Waals surface area contributed by atoms with Gasteiger partial charge in [0.2, 0.25) is 0 Å². The normalized spacial score (nSPS) is 0. The SMILES string of the molecule is C.[O].[O].[O].[O]. The molecule has 0 aromatic rings. The predicted octanol–water partition coefficient (Wildman–Crippen LogP) is 0.161. The highest BCUT2D eigenvalue weighted by molar-refractivity contribution is 2.50. The van der Waals surface area contributed by atoms with Crippen molar-refractivity contribution in [1.82, 2.24) is 0 Å². The molecule has 0 atom stereocenters. The van der Waals surface area contributed by atoms with Gasteiger partial charge in [0, 0.05) is 21.9 Å². The Kier molecular flexibility index (Phi) is 675000. The van der Waals surface area contributed by atoms with Gasteiger partial charge in [0.05, 0.1) is 0 Å².